The van der Waals surface area contributed by atoms with Crippen LogP contribution in [0.2, 0.25) is 0 Å². The van der Waals surface area contributed by atoms with Crippen molar-refractivity contribution in [3.8, 4) is 0 Å². The molecule has 10 heteroatoms. The number of esters is 2. The Hall–Kier alpha value is -4.11. The van der Waals surface area contributed by atoms with Gasteiger partial charge in [0, 0.05) is 12.8 Å². The van der Waals surface area contributed by atoms with Crippen molar-refractivity contribution in [1.29, 1.82) is 0 Å². The molecular weight excluding hydrogens is 1130 g/mol. The van der Waals surface area contributed by atoms with E-state index in [0.717, 1.165) is 89.9 Å². The molecule has 0 saturated heterocycles. The van der Waals surface area contributed by atoms with E-state index in [1.165, 1.54) is 167 Å². The molecule has 90 heavy (non-hydrogen) atoms. The van der Waals surface area contributed by atoms with Gasteiger partial charge in [-0.05, 0) is 116 Å². The summed E-state index contributed by atoms with van der Waals surface area (Å²) in [5, 5.41) is 0. The SMILES string of the molecule is CC/C=C\C/C=C\C/C=C\C/C=C\C/C=C\C/C=C\C/C=C\C/C=C\C/C=C\CCCC(=O)OC(COC(=O)CCCCCCCCCCCCCCCCCCCCCCCC/C=C\C/C=C\C/C=C\CCCCCCC)COP(=O)(O)OCC[N+](C)(C)C. The number of phosphoric ester groups is 1. The van der Waals surface area contributed by atoms with Crippen molar-refractivity contribution in [3.63, 3.8) is 0 Å². The number of ether oxygens (including phenoxy) is 2. The molecule has 0 aromatic carbocycles. The first-order valence-electron chi connectivity index (χ1n) is 36.6. The molecule has 0 aliphatic rings. The summed E-state index contributed by atoms with van der Waals surface area (Å²) in [6.45, 7) is 4.25. The van der Waals surface area contributed by atoms with Crippen LogP contribution in [0.5, 0.6) is 0 Å². The van der Waals surface area contributed by atoms with Gasteiger partial charge in [0.25, 0.3) is 0 Å². The van der Waals surface area contributed by atoms with Crippen LogP contribution in [0.3, 0.4) is 0 Å². The standard InChI is InChI=1S/C80H136NO8P/c1-6-8-10-12-14-16-18-20-22-24-26-28-30-32-34-36-37-38-39-40-41-42-43-45-46-48-50-52-54-56-58-60-62-64-66-68-70-72-79(82)86-76-78(77-88-90(84,85)87-75-74-81(3,4)5)89-80(83)73-71-69-67-65-63-61-59-57-55-53-51-49-47-44-35-33-31-29-27-25-23-21-19-17-15-13-11-9-7-2/h9,11,15,17-18,20-21,23-24,26-27,29-30,32-33,35,47,49,53,55,59,61,65,67,78H,6-8,10,12-14,16,19,22,25,28,31,34,36-46,48,50-52,54,56-58,60,62-64,66,68-77H2,1-5H3/p+1/b11-9-,17-15-,20-18-,23-21-,26-24-,29-27-,32-30-,35-33-,49-47-,55-53-,61-59-,67-65-. The van der Waals surface area contributed by atoms with Crippen LogP contribution in [0.4, 0.5) is 0 Å². The smallest absolute Gasteiger partial charge is 0.462 e. The second-order valence-corrected chi connectivity index (χ2v) is 26.7. The number of phosphoric acid groups is 1. The number of carbonyl (C=O) groups excluding carboxylic acids is 2. The molecule has 0 bridgehead atoms. The molecule has 1 N–H and O–H groups in total. The van der Waals surface area contributed by atoms with Gasteiger partial charge in [0.2, 0.25) is 0 Å². The quantitative estimate of drug-likeness (QED) is 0.0211. The van der Waals surface area contributed by atoms with Crippen LogP contribution >= 0.6 is 7.82 Å². The van der Waals surface area contributed by atoms with E-state index in [4.69, 9.17) is 18.5 Å². The van der Waals surface area contributed by atoms with Gasteiger partial charge in [0.1, 0.15) is 19.8 Å². The highest BCUT2D eigenvalue weighted by atomic mass is 31.2. The highest BCUT2D eigenvalue weighted by Gasteiger charge is 2.27. The topological polar surface area (TPSA) is 108 Å². The van der Waals surface area contributed by atoms with Crippen molar-refractivity contribution in [2.24, 2.45) is 0 Å². The molecule has 0 fully saturated rings. The van der Waals surface area contributed by atoms with Gasteiger partial charge in [-0.15, -0.1) is 0 Å². The first-order chi connectivity index (χ1) is 44.0. The molecule has 0 spiro atoms. The molecule has 0 saturated carbocycles. The summed E-state index contributed by atoms with van der Waals surface area (Å²) in [4.78, 5) is 35.9. The number of quaternary nitrogens is 1. The molecule has 9 nitrogen and oxygen atoms in total. The molecule has 0 amide bonds. The van der Waals surface area contributed by atoms with E-state index in [1.807, 2.05) is 21.1 Å². The van der Waals surface area contributed by atoms with Gasteiger partial charge in [-0.1, -0.05) is 314 Å². The van der Waals surface area contributed by atoms with Gasteiger partial charge in [0.15, 0.2) is 6.10 Å². The Bertz CT molecular complexity index is 2030. The second-order valence-electron chi connectivity index (χ2n) is 25.2. The summed E-state index contributed by atoms with van der Waals surface area (Å²) in [5.41, 5.74) is 0. The van der Waals surface area contributed by atoms with Crippen LogP contribution < -0.4 is 0 Å². The lowest BCUT2D eigenvalue weighted by Crippen LogP contribution is -2.37. The van der Waals surface area contributed by atoms with Crippen molar-refractivity contribution >= 4 is 19.8 Å². The number of unbranched alkanes of at least 4 members (excludes halogenated alkanes) is 28. The zero-order chi connectivity index (χ0) is 65.5. The highest BCUT2D eigenvalue weighted by Crippen LogP contribution is 2.43. The van der Waals surface area contributed by atoms with Crippen molar-refractivity contribution in [3.05, 3.63) is 146 Å². The van der Waals surface area contributed by atoms with E-state index in [9.17, 15) is 19.0 Å². The van der Waals surface area contributed by atoms with Crippen LogP contribution in [0, 0.1) is 0 Å². The van der Waals surface area contributed by atoms with E-state index in [-0.39, 0.29) is 32.0 Å². The Morgan fingerprint density at radius 3 is 0.978 bits per heavy atom. The normalized spacial score (nSPS) is 14.0. The Morgan fingerprint density at radius 1 is 0.356 bits per heavy atom. The van der Waals surface area contributed by atoms with Gasteiger partial charge in [-0.3, -0.25) is 18.6 Å². The maximum absolute atomic E-state index is 12.9. The number of likely N-dealkylation sites (N-methyl/N-ethyl adjacent to an activating group) is 1. The fourth-order valence-corrected chi connectivity index (χ4v) is 10.5. The summed E-state index contributed by atoms with van der Waals surface area (Å²) >= 11 is 0. The molecule has 0 rings (SSSR count). The summed E-state index contributed by atoms with van der Waals surface area (Å²) in [7, 11) is 1.43. The number of nitrogens with zero attached hydrogens (tertiary/aromatic N) is 1. The molecule has 0 aliphatic carbocycles. The maximum atomic E-state index is 12.9. The third kappa shape index (κ3) is 72.9. The fourth-order valence-electron chi connectivity index (χ4n) is 9.79. The lowest BCUT2D eigenvalue weighted by molar-refractivity contribution is -0.870. The van der Waals surface area contributed by atoms with Crippen molar-refractivity contribution in [2.45, 2.75) is 302 Å². The average Bonchev–Trinajstić information content (AvgIpc) is 3.58. The zero-order valence-corrected chi connectivity index (χ0v) is 59.5. The molecular formula is C80H137NO8P+. The minimum absolute atomic E-state index is 0.0143. The average molecular weight is 1270 g/mol. The van der Waals surface area contributed by atoms with Crippen molar-refractivity contribution in [2.75, 3.05) is 47.5 Å². The van der Waals surface area contributed by atoms with Crippen LogP contribution in [0.1, 0.15) is 296 Å². The number of allylic oxidation sites excluding steroid dienone is 24. The van der Waals surface area contributed by atoms with E-state index < -0.39 is 26.5 Å². The Labute approximate surface area is 554 Å². The van der Waals surface area contributed by atoms with Crippen molar-refractivity contribution < 1.29 is 42.1 Å². The molecule has 0 radical (unpaired) electrons. The Morgan fingerprint density at radius 2 is 0.644 bits per heavy atom. The second kappa shape index (κ2) is 69.2. The third-order valence-electron chi connectivity index (χ3n) is 15.4. The molecule has 0 heterocycles. The van der Waals surface area contributed by atoms with Gasteiger partial charge in [-0.2, -0.15) is 0 Å². The van der Waals surface area contributed by atoms with Crippen LogP contribution in [0.15, 0.2) is 146 Å². The van der Waals surface area contributed by atoms with E-state index >= 15 is 0 Å². The Balaban J connectivity index is 4.10. The fraction of sp³-hybridized carbons (Fsp3) is 0.675. The molecule has 514 valence electrons. The van der Waals surface area contributed by atoms with Crippen LogP contribution in [-0.4, -0.2) is 74.9 Å². The monoisotopic (exact) mass is 1270 g/mol. The molecule has 0 aromatic heterocycles. The van der Waals surface area contributed by atoms with Gasteiger partial charge < -0.3 is 18.9 Å². The maximum Gasteiger partial charge on any atom is 0.472 e. The lowest BCUT2D eigenvalue weighted by atomic mass is 10.0. The Kier molecular flexibility index (Phi) is 66.1. The molecule has 2 unspecified atom stereocenters. The number of carbonyl (C=O) groups is 2. The van der Waals surface area contributed by atoms with Crippen LogP contribution in [0.25, 0.3) is 0 Å². The van der Waals surface area contributed by atoms with Crippen molar-refractivity contribution in [1.82, 2.24) is 0 Å². The summed E-state index contributed by atoms with van der Waals surface area (Å²) in [6.07, 6.45) is 103. The third-order valence-corrected chi connectivity index (χ3v) is 16.3. The van der Waals surface area contributed by atoms with Crippen LogP contribution in [-0.2, 0) is 32.7 Å². The lowest BCUT2D eigenvalue weighted by Gasteiger charge is -2.24. The van der Waals surface area contributed by atoms with Gasteiger partial charge in [-0.25, -0.2) is 4.57 Å². The van der Waals surface area contributed by atoms with E-state index in [2.05, 4.69) is 160 Å². The van der Waals surface area contributed by atoms with Gasteiger partial charge >= 0.3 is 19.8 Å². The predicted molar refractivity (Wildman–Crippen MR) is 390 cm³/mol. The van der Waals surface area contributed by atoms with E-state index in [0.29, 0.717) is 23.9 Å². The first-order valence-corrected chi connectivity index (χ1v) is 38.1. The van der Waals surface area contributed by atoms with Gasteiger partial charge in [0.05, 0.1) is 27.7 Å². The zero-order valence-electron chi connectivity index (χ0n) is 58.6. The predicted octanol–water partition coefficient (Wildman–Crippen LogP) is 24.2. The summed E-state index contributed by atoms with van der Waals surface area (Å²) in [5.74, 6) is -0.868. The molecule has 0 aliphatic heterocycles. The minimum Gasteiger partial charge on any atom is -0.462 e. The molecule has 2 atom stereocenters. The number of hydrogen-bond acceptors (Lipinski definition) is 7. The van der Waals surface area contributed by atoms with E-state index in [1.54, 1.807) is 0 Å². The number of rotatable bonds is 66. The summed E-state index contributed by atoms with van der Waals surface area (Å²) < 4.78 is 34.6. The molecule has 0 aromatic rings. The number of hydrogen-bond donors (Lipinski definition) is 1. The highest BCUT2D eigenvalue weighted by molar-refractivity contribution is 7.47. The largest absolute Gasteiger partial charge is 0.472 e. The first kappa shape index (κ1) is 85.9. The summed E-state index contributed by atoms with van der Waals surface area (Å²) in [6, 6.07) is 0. The minimum atomic E-state index is -4.42.